The van der Waals surface area contributed by atoms with Crippen molar-refractivity contribution in [2.24, 2.45) is 0 Å². The molecular formula is C10H12Cl2. The van der Waals surface area contributed by atoms with E-state index in [4.69, 9.17) is 23.2 Å². The van der Waals surface area contributed by atoms with Crippen molar-refractivity contribution in [1.82, 2.24) is 0 Å². The summed E-state index contributed by atoms with van der Waals surface area (Å²) in [7, 11) is 0. The molecular weight excluding hydrogens is 191 g/mol. The fraction of sp³-hybridized carbons (Fsp3) is 0.400. The van der Waals surface area contributed by atoms with E-state index in [1.165, 1.54) is 0 Å². The van der Waals surface area contributed by atoms with Crippen LogP contribution in [0, 0.1) is 6.92 Å². The molecule has 12 heavy (non-hydrogen) atoms. The Morgan fingerprint density at radius 2 is 1.50 bits per heavy atom. The number of benzene rings is 1. The zero-order chi connectivity index (χ0) is 9.30. The summed E-state index contributed by atoms with van der Waals surface area (Å²) in [5, 5.41) is 1.55. The first-order chi connectivity index (χ1) is 5.52. The SMILES string of the molecule is Cc1cc(Cl)c(C(C)C)c(Cl)c1. The second kappa shape index (κ2) is 3.68. The molecule has 0 saturated carbocycles. The monoisotopic (exact) mass is 202 g/mol. The molecule has 2 heteroatoms. The lowest BCUT2D eigenvalue weighted by atomic mass is 10.0. The van der Waals surface area contributed by atoms with E-state index in [0.717, 1.165) is 21.2 Å². The van der Waals surface area contributed by atoms with Gasteiger partial charge in [-0.2, -0.15) is 0 Å². The van der Waals surface area contributed by atoms with Gasteiger partial charge in [-0.3, -0.25) is 0 Å². The summed E-state index contributed by atoms with van der Waals surface area (Å²) in [4.78, 5) is 0. The van der Waals surface area contributed by atoms with Crippen molar-refractivity contribution in [2.45, 2.75) is 26.7 Å². The topological polar surface area (TPSA) is 0 Å². The molecule has 1 aromatic carbocycles. The molecule has 0 aliphatic rings. The molecule has 0 aromatic heterocycles. The standard InChI is InChI=1S/C10H12Cl2/c1-6(2)10-8(11)4-7(3)5-9(10)12/h4-6H,1-3H3. The zero-order valence-electron chi connectivity index (χ0n) is 7.49. The van der Waals surface area contributed by atoms with Crippen LogP contribution in [0.1, 0.15) is 30.9 Å². The van der Waals surface area contributed by atoms with Crippen LogP contribution in [0.2, 0.25) is 10.0 Å². The van der Waals surface area contributed by atoms with Crippen molar-refractivity contribution >= 4 is 23.2 Å². The summed E-state index contributed by atoms with van der Waals surface area (Å²) in [6.07, 6.45) is 0. The van der Waals surface area contributed by atoms with Crippen LogP contribution in [-0.2, 0) is 0 Å². The Hall–Kier alpha value is -0.200. The van der Waals surface area contributed by atoms with Crippen LogP contribution in [0.4, 0.5) is 0 Å². The van der Waals surface area contributed by atoms with Crippen LogP contribution in [0.25, 0.3) is 0 Å². The molecule has 0 spiro atoms. The van der Waals surface area contributed by atoms with Crippen molar-refractivity contribution in [3.05, 3.63) is 33.3 Å². The molecule has 0 fully saturated rings. The predicted octanol–water partition coefficient (Wildman–Crippen LogP) is 4.43. The summed E-state index contributed by atoms with van der Waals surface area (Å²) in [5.41, 5.74) is 2.15. The second-order valence-corrected chi connectivity index (χ2v) is 4.11. The van der Waals surface area contributed by atoms with Crippen LogP contribution in [0.3, 0.4) is 0 Å². The Balaban J connectivity index is 3.28. The van der Waals surface area contributed by atoms with E-state index in [1.807, 2.05) is 19.1 Å². The maximum atomic E-state index is 6.05. The van der Waals surface area contributed by atoms with Crippen molar-refractivity contribution in [3.63, 3.8) is 0 Å². The van der Waals surface area contributed by atoms with Crippen LogP contribution >= 0.6 is 23.2 Å². The normalized spacial score (nSPS) is 10.8. The molecule has 0 bridgehead atoms. The number of halogens is 2. The summed E-state index contributed by atoms with van der Waals surface area (Å²) < 4.78 is 0. The average molecular weight is 203 g/mol. The van der Waals surface area contributed by atoms with Gasteiger partial charge in [-0.25, -0.2) is 0 Å². The smallest absolute Gasteiger partial charge is 0.0458 e. The highest BCUT2D eigenvalue weighted by Gasteiger charge is 2.09. The Kier molecular flexibility index (Phi) is 3.03. The molecule has 0 saturated heterocycles. The Morgan fingerprint density at radius 3 is 1.83 bits per heavy atom. The highest BCUT2D eigenvalue weighted by molar-refractivity contribution is 6.36. The third-order valence-electron chi connectivity index (χ3n) is 1.80. The van der Waals surface area contributed by atoms with Gasteiger partial charge >= 0.3 is 0 Å². The lowest BCUT2D eigenvalue weighted by molar-refractivity contribution is 0.866. The van der Waals surface area contributed by atoms with E-state index in [-0.39, 0.29) is 0 Å². The number of hydrogen-bond acceptors (Lipinski definition) is 0. The molecule has 66 valence electrons. The molecule has 0 radical (unpaired) electrons. The fourth-order valence-electron chi connectivity index (χ4n) is 1.26. The maximum Gasteiger partial charge on any atom is 0.0458 e. The van der Waals surface area contributed by atoms with Crippen LogP contribution in [0.5, 0.6) is 0 Å². The molecule has 0 unspecified atom stereocenters. The van der Waals surface area contributed by atoms with Crippen molar-refractivity contribution < 1.29 is 0 Å². The molecule has 0 N–H and O–H groups in total. The molecule has 0 atom stereocenters. The van der Waals surface area contributed by atoms with Gasteiger partial charge < -0.3 is 0 Å². The van der Waals surface area contributed by atoms with Gasteiger partial charge in [-0.05, 0) is 36.1 Å². The third kappa shape index (κ3) is 1.94. The second-order valence-electron chi connectivity index (χ2n) is 3.30. The lowest BCUT2D eigenvalue weighted by Crippen LogP contribution is -1.91. The molecule has 0 nitrogen and oxygen atoms in total. The van der Waals surface area contributed by atoms with Crippen molar-refractivity contribution in [3.8, 4) is 0 Å². The first kappa shape index (κ1) is 9.88. The first-order valence-corrected chi connectivity index (χ1v) is 4.73. The average Bonchev–Trinajstić information content (AvgIpc) is 1.82. The quantitative estimate of drug-likeness (QED) is 0.633. The number of aryl methyl sites for hydroxylation is 1. The van der Waals surface area contributed by atoms with Crippen LogP contribution < -0.4 is 0 Å². The molecule has 0 aliphatic heterocycles. The fourth-order valence-corrected chi connectivity index (χ4v) is 2.30. The van der Waals surface area contributed by atoms with E-state index in [0.29, 0.717) is 5.92 Å². The minimum atomic E-state index is 0.380. The van der Waals surface area contributed by atoms with Gasteiger partial charge in [0.05, 0.1) is 0 Å². The van der Waals surface area contributed by atoms with Crippen LogP contribution in [-0.4, -0.2) is 0 Å². The molecule has 1 rings (SSSR count). The Morgan fingerprint density at radius 1 is 1.08 bits per heavy atom. The summed E-state index contributed by atoms with van der Waals surface area (Å²) in [5.74, 6) is 0.380. The Labute approximate surface area is 83.5 Å². The summed E-state index contributed by atoms with van der Waals surface area (Å²) in [6, 6.07) is 3.89. The maximum absolute atomic E-state index is 6.05. The largest absolute Gasteiger partial charge is 0.0840 e. The van der Waals surface area contributed by atoms with Gasteiger partial charge in [-0.1, -0.05) is 37.0 Å². The summed E-state index contributed by atoms with van der Waals surface area (Å²) >= 11 is 12.1. The van der Waals surface area contributed by atoms with Crippen molar-refractivity contribution in [2.75, 3.05) is 0 Å². The van der Waals surface area contributed by atoms with E-state index in [1.54, 1.807) is 0 Å². The molecule has 0 aliphatic carbocycles. The minimum absolute atomic E-state index is 0.380. The van der Waals surface area contributed by atoms with E-state index < -0.39 is 0 Å². The number of hydrogen-bond donors (Lipinski definition) is 0. The van der Waals surface area contributed by atoms with E-state index in [2.05, 4.69) is 13.8 Å². The molecule has 0 amide bonds. The van der Waals surface area contributed by atoms with Gasteiger partial charge in [0.2, 0.25) is 0 Å². The van der Waals surface area contributed by atoms with Gasteiger partial charge in [0.1, 0.15) is 0 Å². The number of rotatable bonds is 1. The van der Waals surface area contributed by atoms with Crippen LogP contribution in [0.15, 0.2) is 12.1 Å². The van der Waals surface area contributed by atoms with Gasteiger partial charge in [0.25, 0.3) is 0 Å². The first-order valence-electron chi connectivity index (χ1n) is 3.98. The molecule has 1 aromatic rings. The molecule has 0 heterocycles. The Bertz CT molecular complexity index is 267. The van der Waals surface area contributed by atoms with Gasteiger partial charge in [0.15, 0.2) is 0 Å². The summed E-state index contributed by atoms with van der Waals surface area (Å²) in [6.45, 7) is 6.16. The van der Waals surface area contributed by atoms with Gasteiger partial charge in [-0.15, -0.1) is 0 Å². The minimum Gasteiger partial charge on any atom is -0.0840 e. The van der Waals surface area contributed by atoms with E-state index >= 15 is 0 Å². The highest BCUT2D eigenvalue weighted by Crippen LogP contribution is 2.32. The van der Waals surface area contributed by atoms with Gasteiger partial charge in [0, 0.05) is 10.0 Å². The van der Waals surface area contributed by atoms with Crippen molar-refractivity contribution in [1.29, 1.82) is 0 Å². The van der Waals surface area contributed by atoms with E-state index in [9.17, 15) is 0 Å². The lowest BCUT2D eigenvalue weighted by Gasteiger charge is -2.11. The highest BCUT2D eigenvalue weighted by atomic mass is 35.5. The third-order valence-corrected chi connectivity index (χ3v) is 2.43. The predicted molar refractivity (Wildman–Crippen MR) is 55.3 cm³/mol. The zero-order valence-corrected chi connectivity index (χ0v) is 9.00.